The number of hydrogen-bond acceptors (Lipinski definition) is 4. The van der Waals surface area contributed by atoms with Gasteiger partial charge in [-0.15, -0.1) is 0 Å². The van der Waals surface area contributed by atoms with Crippen LogP contribution < -0.4 is 5.73 Å². The molecule has 0 radical (unpaired) electrons. The first-order valence-electron chi connectivity index (χ1n) is 6.49. The lowest BCUT2D eigenvalue weighted by Crippen LogP contribution is -2.02. The summed E-state index contributed by atoms with van der Waals surface area (Å²) in [6, 6.07) is 5.87. The smallest absolute Gasteiger partial charge is 0.182 e. The lowest BCUT2D eigenvalue weighted by Gasteiger charge is -2.06. The summed E-state index contributed by atoms with van der Waals surface area (Å²) >= 11 is 3.49. The Bertz CT molecular complexity index is 773. The van der Waals surface area contributed by atoms with Crippen LogP contribution in [0.4, 0.5) is 5.82 Å². The molecule has 0 amide bonds. The standard InChI is InChI=1S/C14H12BrN5/c15-11-12(8-4-5-8)18-14(19-13(11)16)9-7-20-6-2-1-3-10(20)17-9/h1-3,6-8H,4-5H2,(H2,16,18,19). The molecular formula is C14H12BrN5. The Kier molecular flexibility index (Phi) is 2.53. The molecule has 1 aliphatic rings. The summed E-state index contributed by atoms with van der Waals surface area (Å²) in [5.74, 6) is 1.58. The molecule has 0 aromatic carbocycles. The fourth-order valence-electron chi connectivity index (χ4n) is 2.27. The Balaban J connectivity index is 1.88. The molecule has 1 aliphatic carbocycles. The van der Waals surface area contributed by atoms with E-state index >= 15 is 0 Å². The quantitative estimate of drug-likeness (QED) is 0.784. The van der Waals surface area contributed by atoms with Gasteiger partial charge in [0, 0.05) is 18.3 Å². The van der Waals surface area contributed by atoms with Crippen molar-refractivity contribution in [3.8, 4) is 11.5 Å². The second kappa shape index (κ2) is 4.28. The van der Waals surface area contributed by atoms with Crippen LogP contribution in [0.1, 0.15) is 24.5 Å². The number of halogens is 1. The van der Waals surface area contributed by atoms with Gasteiger partial charge in [0.15, 0.2) is 5.82 Å². The maximum Gasteiger partial charge on any atom is 0.182 e. The number of hydrogen-bond donors (Lipinski definition) is 1. The second-order valence-electron chi connectivity index (χ2n) is 5.00. The van der Waals surface area contributed by atoms with E-state index in [1.165, 1.54) is 12.8 Å². The summed E-state index contributed by atoms with van der Waals surface area (Å²) in [5.41, 5.74) is 8.61. The van der Waals surface area contributed by atoms with Crippen LogP contribution in [0.5, 0.6) is 0 Å². The third-order valence-corrected chi connectivity index (χ3v) is 4.27. The number of nitrogens with two attached hydrogens (primary N) is 1. The first kappa shape index (κ1) is 11.8. The summed E-state index contributed by atoms with van der Waals surface area (Å²) in [4.78, 5) is 13.5. The van der Waals surface area contributed by atoms with Crippen LogP contribution in [-0.4, -0.2) is 19.4 Å². The van der Waals surface area contributed by atoms with E-state index in [2.05, 4.69) is 30.9 Å². The predicted molar refractivity (Wildman–Crippen MR) is 80.3 cm³/mol. The largest absolute Gasteiger partial charge is 0.383 e. The molecule has 5 nitrogen and oxygen atoms in total. The van der Waals surface area contributed by atoms with Crippen LogP contribution in [0, 0.1) is 0 Å². The lowest BCUT2D eigenvalue weighted by atomic mass is 10.2. The molecule has 20 heavy (non-hydrogen) atoms. The van der Waals surface area contributed by atoms with Crippen molar-refractivity contribution in [2.45, 2.75) is 18.8 Å². The second-order valence-corrected chi connectivity index (χ2v) is 5.79. The van der Waals surface area contributed by atoms with Gasteiger partial charge in [0.1, 0.15) is 17.2 Å². The molecular weight excluding hydrogens is 318 g/mol. The molecule has 0 atom stereocenters. The fraction of sp³-hybridized carbons (Fsp3) is 0.214. The van der Waals surface area contributed by atoms with E-state index < -0.39 is 0 Å². The number of imidazole rings is 1. The first-order valence-corrected chi connectivity index (χ1v) is 7.28. The van der Waals surface area contributed by atoms with Crippen molar-refractivity contribution in [3.63, 3.8) is 0 Å². The Labute approximate surface area is 124 Å². The number of pyridine rings is 1. The van der Waals surface area contributed by atoms with Crippen LogP contribution in [0.15, 0.2) is 35.1 Å². The SMILES string of the molecule is Nc1nc(-c2cn3ccccc3n2)nc(C2CC2)c1Br. The Hall–Kier alpha value is -1.95. The van der Waals surface area contributed by atoms with Gasteiger partial charge in [-0.1, -0.05) is 6.07 Å². The monoisotopic (exact) mass is 329 g/mol. The maximum absolute atomic E-state index is 5.99. The van der Waals surface area contributed by atoms with Crippen LogP contribution in [0.3, 0.4) is 0 Å². The van der Waals surface area contributed by atoms with Crippen LogP contribution in [0.2, 0.25) is 0 Å². The maximum atomic E-state index is 5.99. The minimum absolute atomic E-state index is 0.481. The molecule has 0 spiro atoms. The first-order chi connectivity index (χ1) is 9.72. The predicted octanol–water partition coefficient (Wildman–Crippen LogP) is 3.01. The topological polar surface area (TPSA) is 69.1 Å². The van der Waals surface area contributed by atoms with E-state index in [1.807, 2.05) is 35.0 Å². The highest BCUT2D eigenvalue weighted by Crippen LogP contribution is 2.43. The average Bonchev–Trinajstić information content (AvgIpc) is 3.19. The summed E-state index contributed by atoms with van der Waals surface area (Å²) < 4.78 is 2.78. The van der Waals surface area contributed by atoms with Crippen LogP contribution in [-0.2, 0) is 0 Å². The summed E-state index contributed by atoms with van der Waals surface area (Å²) in [5, 5.41) is 0. The van der Waals surface area contributed by atoms with Crippen molar-refractivity contribution in [3.05, 3.63) is 40.8 Å². The Morgan fingerprint density at radius 3 is 2.80 bits per heavy atom. The van der Waals surface area contributed by atoms with Crippen molar-refractivity contribution >= 4 is 27.4 Å². The molecule has 6 heteroatoms. The molecule has 1 fully saturated rings. The fourth-order valence-corrected chi connectivity index (χ4v) is 2.77. The molecule has 4 rings (SSSR count). The lowest BCUT2D eigenvalue weighted by molar-refractivity contribution is 0.980. The zero-order valence-electron chi connectivity index (χ0n) is 10.6. The van der Waals surface area contributed by atoms with Gasteiger partial charge >= 0.3 is 0 Å². The molecule has 3 aromatic heterocycles. The highest BCUT2D eigenvalue weighted by molar-refractivity contribution is 9.10. The number of fused-ring (bicyclic) bond motifs is 1. The van der Waals surface area contributed by atoms with Gasteiger partial charge < -0.3 is 10.1 Å². The third-order valence-electron chi connectivity index (χ3n) is 3.46. The molecule has 2 N–H and O–H groups in total. The number of rotatable bonds is 2. The van der Waals surface area contributed by atoms with E-state index in [9.17, 15) is 0 Å². The van der Waals surface area contributed by atoms with Gasteiger partial charge in [-0.25, -0.2) is 15.0 Å². The molecule has 1 saturated carbocycles. The van der Waals surface area contributed by atoms with E-state index in [0.29, 0.717) is 17.6 Å². The van der Waals surface area contributed by atoms with Gasteiger partial charge in [-0.2, -0.15) is 0 Å². The van der Waals surface area contributed by atoms with E-state index in [0.717, 1.165) is 21.5 Å². The van der Waals surface area contributed by atoms with Crippen LogP contribution >= 0.6 is 15.9 Å². The molecule has 0 aliphatic heterocycles. The molecule has 100 valence electrons. The van der Waals surface area contributed by atoms with Gasteiger partial charge in [-0.3, -0.25) is 0 Å². The average molecular weight is 330 g/mol. The molecule has 0 bridgehead atoms. The summed E-state index contributed by atoms with van der Waals surface area (Å²) in [7, 11) is 0. The zero-order chi connectivity index (χ0) is 13.7. The van der Waals surface area contributed by atoms with Crippen molar-refractivity contribution < 1.29 is 0 Å². The number of nitrogen functional groups attached to an aromatic ring is 1. The summed E-state index contributed by atoms with van der Waals surface area (Å²) in [6.45, 7) is 0. The van der Waals surface area contributed by atoms with E-state index in [1.54, 1.807) is 0 Å². The Morgan fingerprint density at radius 2 is 2.05 bits per heavy atom. The third kappa shape index (κ3) is 1.87. The Morgan fingerprint density at radius 1 is 1.20 bits per heavy atom. The van der Waals surface area contributed by atoms with Crippen molar-refractivity contribution in [2.75, 3.05) is 5.73 Å². The highest BCUT2D eigenvalue weighted by atomic mass is 79.9. The number of nitrogens with zero attached hydrogens (tertiary/aromatic N) is 4. The van der Waals surface area contributed by atoms with Gasteiger partial charge in [0.05, 0.1) is 10.2 Å². The van der Waals surface area contributed by atoms with Crippen molar-refractivity contribution in [2.24, 2.45) is 0 Å². The summed E-state index contributed by atoms with van der Waals surface area (Å²) in [6.07, 6.45) is 6.21. The van der Waals surface area contributed by atoms with E-state index in [-0.39, 0.29) is 0 Å². The van der Waals surface area contributed by atoms with Crippen molar-refractivity contribution in [1.29, 1.82) is 0 Å². The van der Waals surface area contributed by atoms with E-state index in [4.69, 9.17) is 5.73 Å². The zero-order valence-corrected chi connectivity index (χ0v) is 12.2. The minimum atomic E-state index is 0.481. The molecule has 3 aromatic rings. The normalized spacial score (nSPS) is 14.8. The number of aromatic nitrogens is 4. The minimum Gasteiger partial charge on any atom is -0.383 e. The molecule has 3 heterocycles. The van der Waals surface area contributed by atoms with Crippen LogP contribution in [0.25, 0.3) is 17.2 Å². The van der Waals surface area contributed by atoms with Crippen molar-refractivity contribution in [1.82, 2.24) is 19.4 Å². The van der Waals surface area contributed by atoms with Gasteiger partial charge in [-0.05, 0) is 40.9 Å². The highest BCUT2D eigenvalue weighted by Gasteiger charge is 2.29. The van der Waals surface area contributed by atoms with Gasteiger partial charge in [0.2, 0.25) is 0 Å². The number of anilines is 1. The molecule has 0 unspecified atom stereocenters. The molecule has 0 saturated heterocycles. The van der Waals surface area contributed by atoms with Gasteiger partial charge in [0.25, 0.3) is 0 Å².